The molecule has 252 valence electrons. The number of carboxylic acids is 2. The van der Waals surface area contributed by atoms with Crippen LogP contribution in [0.2, 0.25) is 0 Å². The highest BCUT2D eigenvalue weighted by Crippen LogP contribution is 2.50. The molecule has 4 fully saturated rings. The molecule has 16 heteroatoms. The lowest BCUT2D eigenvalue weighted by Crippen LogP contribution is -2.61. The highest BCUT2D eigenvalue weighted by Gasteiger charge is 2.58. The molecule has 6 rings (SSSR count). The third-order valence-corrected chi connectivity index (χ3v) is 12.4. The number of thioether (sulfide) groups is 2. The number of β-lactam (4-membered cyclic amide) rings is 2. The van der Waals surface area contributed by atoms with Gasteiger partial charge in [0.2, 0.25) is 11.8 Å². The summed E-state index contributed by atoms with van der Waals surface area (Å²) in [5.74, 6) is -2.67. The zero-order valence-corrected chi connectivity index (χ0v) is 27.9. The second-order valence-corrected chi connectivity index (χ2v) is 15.6. The number of rotatable bonds is 8. The van der Waals surface area contributed by atoms with Gasteiger partial charge in [-0.3, -0.25) is 20.4 Å². The number of carbonyl (C=O) groups is 4. The van der Waals surface area contributed by atoms with Gasteiger partial charge in [-0.15, -0.1) is 23.5 Å². The molecule has 0 saturated carbocycles. The van der Waals surface area contributed by atoms with E-state index in [1.54, 1.807) is 27.7 Å². The number of aliphatic hydroxyl groups excluding tert-OH is 2. The Bertz CT molecular complexity index is 1310. The lowest BCUT2D eigenvalue weighted by atomic mass is 9.83. The van der Waals surface area contributed by atoms with Crippen LogP contribution >= 0.6 is 23.5 Å². The van der Waals surface area contributed by atoms with E-state index in [2.05, 4.69) is 0 Å². The Kier molecular flexibility index (Phi) is 9.83. The predicted octanol–water partition coefficient (Wildman–Crippen LogP) is 1.40. The highest BCUT2D eigenvalue weighted by molar-refractivity contribution is 8.04. The van der Waals surface area contributed by atoms with Crippen molar-refractivity contribution in [2.75, 3.05) is 26.2 Å². The number of carbonyl (C=O) groups excluding carboxylic acids is 2. The van der Waals surface area contributed by atoms with Gasteiger partial charge in [0, 0.05) is 59.3 Å². The maximum absolute atomic E-state index is 12.1. The summed E-state index contributed by atoms with van der Waals surface area (Å²) in [6.07, 6.45) is 1.30. The molecule has 0 aromatic carbocycles. The number of carboxylic acid groups (broad SMARTS) is 2. The van der Waals surface area contributed by atoms with Crippen LogP contribution in [0.15, 0.2) is 21.2 Å². The molecule has 14 nitrogen and oxygen atoms in total. The Labute approximate surface area is 275 Å². The van der Waals surface area contributed by atoms with Crippen molar-refractivity contribution in [3.8, 4) is 0 Å². The van der Waals surface area contributed by atoms with E-state index in [9.17, 15) is 39.6 Å². The van der Waals surface area contributed by atoms with Crippen molar-refractivity contribution >= 4 is 58.9 Å². The van der Waals surface area contributed by atoms with Crippen molar-refractivity contribution in [2.24, 2.45) is 11.8 Å². The summed E-state index contributed by atoms with van der Waals surface area (Å²) in [6, 6.07) is -0.448. The van der Waals surface area contributed by atoms with Crippen molar-refractivity contribution in [3.05, 3.63) is 21.2 Å². The second-order valence-electron chi connectivity index (χ2n) is 12.8. The van der Waals surface area contributed by atoms with Gasteiger partial charge in [-0.25, -0.2) is 9.59 Å². The predicted molar refractivity (Wildman–Crippen MR) is 172 cm³/mol. The number of amidine groups is 2. The Morgan fingerprint density at radius 1 is 0.739 bits per heavy atom. The molecule has 0 spiro atoms. The van der Waals surface area contributed by atoms with Gasteiger partial charge >= 0.3 is 11.9 Å². The SMILES string of the molecule is CC(=N)N1CC[C@H](SC2=C(C(=O)O)N3C(=O)[C@H]([C@@H](C)O)[C@H]3C2)C1.CC(=N)N1CC[C@H](SC2=C(C(=O)O)N3C(=O)[C@H]([C@@H](C)O)[C@H]3C2)C1. The van der Waals surface area contributed by atoms with Crippen LogP contribution in [0.4, 0.5) is 0 Å². The van der Waals surface area contributed by atoms with Crippen LogP contribution in [-0.4, -0.2) is 136 Å². The van der Waals surface area contributed by atoms with Gasteiger partial charge in [-0.2, -0.15) is 0 Å². The van der Waals surface area contributed by atoms with Gasteiger partial charge < -0.3 is 40.0 Å². The fraction of sp³-hybridized carbons (Fsp3) is 0.667. The van der Waals surface area contributed by atoms with Gasteiger partial charge in [0.15, 0.2) is 0 Å². The zero-order valence-electron chi connectivity index (χ0n) is 26.3. The van der Waals surface area contributed by atoms with E-state index in [0.29, 0.717) is 24.5 Å². The molecule has 0 aromatic rings. The van der Waals surface area contributed by atoms with Crippen LogP contribution in [-0.2, 0) is 19.2 Å². The lowest BCUT2D eigenvalue weighted by molar-refractivity contribution is -0.161. The smallest absolute Gasteiger partial charge is 0.353 e. The Morgan fingerprint density at radius 2 is 1.09 bits per heavy atom. The third kappa shape index (κ3) is 6.16. The summed E-state index contributed by atoms with van der Waals surface area (Å²) in [5, 5.41) is 54.3. The monoisotopic (exact) mass is 678 g/mol. The first-order valence-corrected chi connectivity index (χ1v) is 17.3. The van der Waals surface area contributed by atoms with Gasteiger partial charge in [-0.05, 0) is 40.5 Å². The topological polar surface area (TPSA) is 210 Å². The van der Waals surface area contributed by atoms with Gasteiger partial charge in [0.25, 0.3) is 0 Å². The van der Waals surface area contributed by atoms with E-state index in [4.69, 9.17) is 10.8 Å². The van der Waals surface area contributed by atoms with Crippen LogP contribution in [0.5, 0.6) is 0 Å². The van der Waals surface area contributed by atoms with Crippen molar-refractivity contribution < 1.29 is 39.6 Å². The Morgan fingerprint density at radius 3 is 1.35 bits per heavy atom. The molecule has 0 aliphatic carbocycles. The van der Waals surface area contributed by atoms with E-state index >= 15 is 0 Å². The molecule has 4 saturated heterocycles. The first-order chi connectivity index (χ1) is 21.6. The number of likely N-dealkylation sites (tertiary alicyclic amines) is 2. The number of nitrogens with one attached hydrogen (secondary N) is 2. The quantitative estimate of drug-likeness (QED) is 0.122. The average Bonchev–Trinajstić information content (AvgIpc) is 3.73. The molecule has 0 aromatic heterocycles. The summed E-state index contributed by atoms with van der Waals surface area (Å²) in [6.45, 7) is 9.74. The molecule has 0 unspecified atom stereocenters. The number of aliphatic hydroxyl groups is 2. The summed E-state index contributed by atoms with van der Waals surface area (Å²) in [4.78, 5) is 55.6. The van der Waals surface area contributed by atoms with Crippen molar-refractivity contribution in [2.45, 2.75) is 88.2 Å². The number of amides is 2. The van der Waals surface area contributed by atoms with Crippen LogP contribution in [0.1, 0.15) is 53.4 Å². The second kappa shape index (κ2) is 13.2. The molecule has 6 aliphatic rings. The molecule has 46 heavy (non-hydrogen) atoms. The molecule has 8 atom stereocenters. The van der Waals surface area contributed by atoms with E-state index in [0.717, 1.165) is 48.8 Å². The van der Waals surface area contributed by atoms with E-state index < -0.39 is 36.0 Å². The van der Waals surface area contributed by atoms with Gasteiger partial charge in [-0.1, -0.05) is 0 Å². The fourth-order valence-electron chi connectivity index (χ4n) is 7.33. The first kappa shape index (κ1) is 34.3. The Hall–Kier alpha value is -3.08. The molecule has 6 aliphatic heterocycles. The number of hydrogen-bond donors (Lipinski definition) is 6. The maximum Gasteiger partial charge on any atom is 0.353 e. The highest BCUT2D eigenvalue weighted by atomic mass is 32.2. The number of nitrogens with zero attached hydrogens (tertiary/aromatic N) is 4. The Balaban J connectivity index is 0.000000181. The largest absolute Gasteiger partial charge is 0.477 e. The molecular weight excluding hydrogens is 636 g/mol. The van der Waals surface area contributed by atoms with Crippen molar-refractivity contribution in [1.82, 2.24) is 19.6 Å². The van der Waals surface area contributed by atoms with Crippen molar-refractivity contribution in [1.29, 1.82) is 10.8 Å². The van der Waals surface area contributed by atoms with Crippen LogP contribution in [0.3, 0.4) is 0 Å². The molecule has 2 amide bonds. The summed E-state index contributed by atoms with van der Waals surface area (Å²) in [7, 11) is 0. The first-order valence-electron chi connectivity index (χ1n) is 15.5. The van der Waals surface area contributed by atoms with Crippen molar-refractivity contribution in [3.63, 3.8) is 0 Å². The molecule has 6 N–H and O–H groups in total. The van der Waals surface area contributed by atoms with E-state index in [-0.39, 0.29) is 45.8 Å². The lowest BCUT2D eigenvalue weighted by Gasteiger charge is -2.44. The fourth-order valence-corrected chi connectivity index (χ4v) is 10.2. The van der Waals surface area contributed by atoms with Crippen LogP contribution in [0.25, 0.3) is 0 Å². The number of fused-ring (bicyclic) bond motifs is 2. The van der Waals surface area contributed by atoms with E-state index in [1.807, 2.05) is 9.80 Å². The average molecular weight is 679 g/mol. The van der Waals surface area contributed by atoms with Crippen LogP contribution < -0.4 is 0 Å². The summed E-state index contributed by atoms with van der Waals surface area (Å²) in [5.41, 5.74) is 0.179. The molecule has 0 bridgehead atoms. The number of hydrogen-bond acceptors (Lipinski definition) is 10. The minimum atomic E-state index is -1.08. The minimum absolute atomic E-state index is 0.0897. The standard InChI is InChI=1S/2C15H21N3O4S/c2*1-7(19)12-10-5-11(13(15(21)22)18(10)14(12)20)23-9-3-4-17(6-9)8(2)16/h2*7,9-10,12,16,19H,3-6H2,1-2H3,(H,21,22)/t2*7-,9+,10-,12-/m11/s1. The zero-order chi connectivity index (χ0) is 33.8. The normalized spacial score (nSPS) is 31.3. The van der Waals surface area contributed by atoms with E-state index in [1.165, 1.54) is 33.3 Å². The molecule has 0 radical (unpaired) electrons. The van der Waals surface area contributed by atoms with Gasteiger partial charge in [0.05, 0.1) is 47.8 Å². The van der Waals surface area contributed by atoms with Gasteiger partial charge in [0.1, 0.15) is 11.4 Å². The molecular formula is C30H42N6O8S2. The summed E-state index contributed by atoms with van der Waals surface area (Å²) < 4.78 is 0. The van der Waals surface area contributed by atoms with Crippen LogP contribution in [0, 0.1) is 22.7 Å². The maximum atomic E-state index is 12.1. The summed E-state index contributed by atoms with van der Waals surface area (Å²) >= 11 is 3.04. The third-order valence-electron chi connectivity index (χ3n) is 9.64. The number of aliphatic carboxylic acids is 2. The molecule has 6 heterocycles. The minimum Gasteiger partial charge on any atom is -0.477 e.